The fourth-order valence-electron chi connectivity index (χ4n) is 2.34. The maximum atomic E-state index is 12.9. The van der Waals surface area contributed by atoms with Crippen LogP contribution in [0.3, 0.4) is 0 Å². The van der Waals surface area contributed by atoms with Gasteiger partial charge in [0.15, 0.2) is 5.69 Å². The smallest absolute Gasteiger partial charge is 0.351 e. The van der Waals surface area contributed by atoms with Gasteiger partial charge in [0.05, 0.1) is 22.0 Å². The maximum absolute atomic E-state index is 12.9. The van der Waals surface area contributed by atoms with Gasteiger partial charge >= 0.3 is 6.18 Å². The molecule has 0 unspecified atom stereocenters. The van der Waals surface area contributed by atoms with Gasteiger partial charge in [-0.3, -0.25) is 14.9 Å². The SMILES string of the molecule is Cc1[nH]nc(C(F)(F)F)c1C(=O)NCCc1nc(-c2ccccn2)cs1. The molecule has 1 amide bonds. The summed E-state index contributed by atoms with van der Waals surface area (Å²) in [6.45, 7) is 1.53. The molecule has 0 fully saturated rings. The molecule has 6 nitrogen and oxygen atoms in total. The Labute approximate surface area is 150 Å². The van der Waals surface area contributed by atoms with Crippen LogP contribution in [-0.4, -0.2) is 32.6 Å². The molecule has 0 aromatic carbocycles. The second-order valence-electron chi connectivity index (χ2n) is 5.42. The van der Waals surface area contributed by atoms with Crippen LogP contribution < -0.4 is 5.32 Å². The quantitative estimate of drug-likeness (QED) is 0.711. The number of carbonyl (C=O) groups excluding carboxylic acids is 1. The molecule has 0 spiro atoms. The summed E-state index contributed by atoms with van der Waals surface area (Å²) in [5.74, 6) is -0.815. The van der Waals surface area contributed by atoms with Crippen LogP contribution in [0.5, 0.6) is 0 Å². The van der Waals surface area contributed by atoms with E-state index in [1.165, 1.54) is 18.3 Å². The van der Waals surface area contributed by atoms with Crippen molar-refractivity contribution >= 4 is 17.2 Å². The van der Waals surface area contributed by atoms with E-state index in [9.17, 15) is 18.0 Å². The highest BCUT2D eigenvalue weighted by Gasteiger charge is 2.39. The Balaban J connectivity index is 1.62. The number of aryl methyl sites for hydroxylation is 1. The summed E-state index contributed by atoms with van der Waals surface area (Å²) in [5.41, 5.74) is -0.156. The van der Waals surface area contributed by atoms with Gasteiger partial charge in [-0.15, -0.1) is 11.3 Å². The van der Waals surface area contributed by atoms with Crippen molar-refractivity contribution in [3.05, 3.63) is 51.7 Å². The van der Waals surface area contributed by atoms with Crippen LogP contribution in [-0.2, 0) is 12.6 Å². The van der Waals surface area contributed by atoms with E-state index in [0.29, 0.717) is 6.42 Å². The molecule has 0 radical (unpaired) electrons. The highest BCUT2D eigenvalue weighted by molar-refractivity contribution is 7.09. The number of nitrogens with zero attached hydrogens (tertiary/aromatic N) is 3. The van der Waals surface area contributed by atoms with Crippen molar-refractivity contribution in [1.29, 1.82) is 0 Å². The predicted molar refractivity (Wildman–Crippen MR) is 89.7 cm³/mol. The van der Waals surface area contributed by atoms with Crippen LogP contribution in [0.2, 0.25) is 0 Å². The Morgan fingerprint density at radius 3 is 2.81 bits per heavy atom. The van der Waals surface area contributed by atoms with E-state index < -0.39 is 23.3 Å². The van der Waals surface area contributed by atoms with Gasteiger partial charge in [0.1, 0.15) is 0 Å². The van der Waals surface area contributed by atoms with Gasteiger partial charge in [-0.05, 0) is 19.1 Å². The van der Waals surface area contributed by atoms with Gasteiger partial charge in [-0.2, -0.15) is 18.3 Å². The van der Waals surface area contributed by atoms with Gasteiger partial charge in [-0.1, -0.05) is 6.07 Å². The lowest BCUT2D eigenvalue weighted by Crippen LogP contribution is -2.28. The first-order valence-electron chi connectivity index (χ1n) is 7.62. The van der Waals surface area contributed by atoms with Gasteiger partial charge in [-0.25, -0.2) is 4.98 Å². The van der Waals surface area contributed by atoms with Crippen LogP contribution in [0.4, 0.5) is 13.2 Å². The fourth-order valence-corrected chi connectivity index (χ4v) is 3.13. The minimum Gasteiger partial charge on any atom is -0.351 e. The first-order valence-corrected chi connectivity index (χ1v) is 8.50. The number of aromatic amines is 1. The lowest BCUT2D eigenvalue weighted by molar-refractivity contribution is -0.141. The number of aromatic nitrogens is 4. The van der Waals surface area contributed by atoms with E-state index in [0.717, 1.165) is 16.4 Å². The number of pyridine rings is 1. The molecule has 3 heterocycles. The highest BCUT2D eigenvalue weighted by atomic mass is 32.1. The second-order valence-corrected chi connectivity index (χ2v) is 6.36. The third-order valence-corrected chi connectivity index (χ3v) is 4.45. The zero-order valence-corrected chi connectivity index (χ0v) is 14.4. The van der Waals surface area contributed by atoms with E-state index in [-0.39, 0.29) is 12.2 Å². The molecule has 10 heteroatoms. The normalized spacial score (nSPS) is 11.5. The number of H-pyrrole nitrogens is 1. The van der Waals surface area contributed by atoms with Crippen molar-refractivity contribution in [3.63, 3.8) is 0 Å². The number of thiazole rings is 1. The molecule has 0 bridgehead atoms. The Hall–Kier alpha value is -2.75. The number of rotatable bonds is 5. The molecule has 0 saturated carbocycles. The lowest BCUT2D eigenvalue weighted by atomic mass is 10.1. The van der Waals surface area contributed by atoms with Gasteiger partial charge in [0, 0.05) is 30.2 Å². The molecule has 3 rings (SSSR count). The summed E-state index contributed by atoms with van der Waals surface area (Å²) in [5, 5.41) is 10.5. The molecular formula is C16H14F3N5OS. The van der Waals surface area contributed by atoms with Crippen molar-refractivity contribution in [2.24, 2.45) is 0 Å². The number of hydrogen-bond donors (Lipinski definition) is 2. The third kappa shape index (κ3) is 3.90. The molecular weight excluding hydrogens is 367 g/mol. The number of halogens is 3. The van der Waals surface area contributed by atoms with Crippen molar-refractivity contribution in [2.75, 3.05) is 6.54 Å². The predicted octanol–water partition coefficient (Wildman–Crippen LogP) is 3.23. The Morgan fingerprint density at radius 2 is 2.12 bits per heavy atom. The molecule has 3 aromatic heterocycles. The summed E-state index contributed by atoms with van der Waals surface area (Å²) >= 11 is 1.40. The van der Waals surface area contributed by atoms with Crippen molar-refractivity contribution < 1.29 is 18.0 Å². The summed E-state index contributed by atoms with van der Waals surface area (Å²) in [6.07, 6.45) is -2.62. The Bertz CT molecular complexity index is 904. The molecule has 0 aliphatic carbocycles. The standard InChI is InChI=1S/C16H14F3N5OS/c1-9-13(14(24-23-9)16(17,18)19)15(25)21-7-5-12-22-11(8-26-12)10-4-2-3-6-20-10/h2-4,6,8H,5,7H2,1H3,(H,21,25)(H,23,24). The van der Waals surface area contributed by atoms with E-state index >= 15 is 0 Å². The summed E-state index contributed by atoms with van der Waals surface area (Å²) < 4.78 is 38.7. The first-order chi connectivity index (χ1) is 12.4. The first kappa shape index (κ1) is 18.1. The zero-order valence-electron chi connectivity index (χ0n) is 13.6. The molecule has 26 heavy (non-hydrogen) atoms. The monoisotopic (exact) mass is 381 g/mol. The molecule has 0 aliphatic heterocycles. The minimum atomic E-state index is -4.69. The van der Waals surface area contributed by atoms with E-state index in [1.807, 2.05) is 17.5 Å². The average Bonchev–Trinajstić information content (AvgIpc) is 3.22. The fraction of sp³-hybridized carbons (Fsp3) is 0.250. The lowest BCUT2D eigenvalue weighted by Gasteiger charge is -2.07. The molecule has 0 aliphatic rings. The Kier molecular flexibility index (Phi) is 5.03. The van der Waals surface area contributed by atoms with E-state index in [4.69, 9.17) is 0 Å². The van der Waals surface area contributed by atoms with Crippen molar-refractivity contribution in [1.82, 2.24) is 25.5 Å². The van der Waals surface area contributed by atoms with E-state index in [2.05, 4.69) is 25.5 Å². The number of carbonyl (C=O) groups is 1. The number of nitrogens with one attached hydrogen (secondary N) is 2. The minimum absolute atomic E-state index is 0.0708. The zero-order chi connectivity index (χ0) is 18.7. The average molecular weight is 381 g/mol. The van der Waals surface area contributed by atoms with Crippen LogP contribution >= 0.6 is 11.3 Å². The van der Waals surface area contributed by atoms with Crippen molar-refractivity contribution in [2.45, 2.75) is 19.5 Å². The number of hydrogen-bond acceptors (Lipinski definition) is 5. The summed E-state index contributed by atoms with van der Waals surface area (Å²) in [4.78, 5) is 20.7. The van der Waals surface area contributed by atoms with Gasteiger partial charge in [0.25, 0.3) is 5.91 Å². The molecule has 0 atom stereocenters. The van der Waals surface area contributed by atoms with Crippen LogP contribution in [0.15, 0.2) is 29.8 Å². The van der Waals surface area contributed by atoms with Crippen molar-refractivity contribution in [3.8, 4) is 11.4 Å². The molecule has 3 aromatic rings. The third-order valence-electron chi connectivity index (χ3n) is 3.55. The van der Waals surface area contributed by atoms with Crippen LogP contribution in [0.1, 0.15) is 26.8 Å². The summed E-state index contributed by atoms with van der Waals surface area (Å²) in [7, 11) is 0. The largest absolute Gasteiger partial charge is 0.435 e. The second kappa shape index (κ2) is 7.24. The van der Waals surface area contributed by atoms with E-state index in [1.54, 1.807) is 12.3 Å². The van der Waals surface area contributed by atoms with Gasteiger partial charge < -0.3 is 5.32 Å². The molecule has 136 valence electrons. The van der Waals surface area contributed by atoms with Crippen LogP contribution in [0, 0.1) is 6.92 Å². The van der Waals surface area contributed by atoms with Gasteiger partial charge in [0.2, 0.25) is 0 Å². The Morgan fingerprint density at radius 1 is 1.31 bits per heavy atom. The maximum Gasteiger partial charge on any atom is 0.435 e. The molecule has 2 N–H and O–H groups in total. The van der Waals surface area contributed by atoms with Crippen LogP contribution in [0.25, 0.3) is 11.4 Å². The number of amides is 1. The number of alkyl halides is 3. The topological polar surface area (TPSA) is 83.6 Å². The highest BCUT2D eigenvalue weighted by Crippen LogP contribution is 2.31. The molecule has 0 saturated heterocycles. The summed E-state index contributed by atoms with van der Waals surface area (Å²) in [6, 6.07) is 5.49.